The molecule has 1 saturated heterocycles. The smallest absolute Gasteiger partial charge is 0.191 e. The number of guanidine groups is 1. The predicted octanol–water partition coefficient (Wildman–Crippen LogP) is 4.37. The lowest BCUT2D eigenvalue weighted by Crippen LogP contribution is -2.37. The van der Waals surface area contributed by atoms with E-state index in [1.807, 2.05) is 0 Å². The van der Waals surface area contributed by atoms with Gasteiger partial charge in [-0.3, -0.25) is 0 Å². The van der Waals surface area contributed by atoms with Gasteiger partial charge in [-0.15, -0.1) is 24.0 Å². The van der Waals surface area contributed by atoms with Crippen LogP contribution < -0.4 is 10.6 Å². The summed E-state index contributed by atoms with van der Waals surface area (Å²) in [5.74, 6) is 1.73. The molecule has 1 aliphatic rings. The second kappa shape index (κ2) is 14.5. The Hall–Kier alpha value is -1.65. The van der Waals surface area contributed by atoms with E-state index in [0.29, 0.717) is 25.8 Å². The Bertz CT molecular complexity index is 813. The maximum absolute atomic E-state index is 6.06. The summed E-state index contributed by atoms with van der Waals surface area (Å²) in [7, 11) is 0. The fraction of sp³-hybridized carbons (Fsp3) is 0.583. The van der Waals surface area contributed by atoms with Crippen molar-refractivity contribution in [3.63, 3.8) is 0 Å². The van der Waals surface area contributed by atoms with Crippen molar-refractivity contribution in [1.82, 2.24) is 15.8 Å². The summed E-state index contributed by atoms with van der Waals surface area (Å²) in [6.45, 7) is 10.5. The van der Waals surface area contributed by atoms with Crippen molar-refractivity contribution in [3.05, 3.63) is 52.4 Å². The topological polar surface area (TPSA) is 80.9 Å². The van der Waals surface area contributed by atoms with Crippen LogP contribution in [-0.4, -0.2) is 37.0 Å². The summed E-state index contributed by atoms with van der Waals surface area (Å²) in [5, 5.41) is 10.9. The van der Waals surface area contributed by atoms with Crippen LogP contribution in [0.15, 0.2) is 33.8 Å². The van der Waals surface area contributed by atoms with E-state index in [4.69, 9.17) is 19.0 Å². The highest BCUT2D eigenvalue weighted by molar-refractivity contribution is 14.0. The Balaban J connectivity index is 0.00000363. The first kappa shape index (κ1) is 26.6. The summed E-state index contributed by atoms with van der Waals surface area (Å²) in [6.07, 6.45) is 3.96. The summed E-state index contributed by atoms with van der Waals surface area (Å²) >= 11 is 0. The average Bonchev–Trinajstić information content (AvgIpc) is 3.22. The van der Waals surface area contributed by atoms with Crippen molar-refractivity contribution in [1.29, 1.82) is 0 Å². The maximum Gasteiger partial charge on any atom is 0.191 e. The highest BCUT2D eigenvalue weighted by Gasteiger charge is 2.15. The lowest BCUT2D eigenvalue weighted by atomic mass is 10.1. The number of hydrogen-bond donors (Lipinski definition) is 2. The van der Waals surface area contributed by atoms with E-state index in [9.17, 15) is 0 Å². The minimum atomic E-state index is 0. The van der Waals surface area contributed by atoms with Gasteiger partial charge in [0.05, 0.1) is 24.9 Å². The third-order valence-electron chi connectivity index (χ3n) is 5.45. The monoisotopic (exact) mass is 556 g/mol. The van der Waals surface area contributed by atoms with Gasteiger partial charge in [0.1, 0.15) is 5.76 Å². The van der Waals surface area contributed by atoms with Crippen molar-refractivity contribution in [3.8, 4) is 0 Å². The number of ether oxygens (including phenoxy) is 2. The largest absolute Gasteiger partial charge is 0.381 e. The minimum Gasteiger partial charge on any atom is -0.381 e. The van der Waals surface area contributed by atoms with Crippen LogP contribution in [0, 0.1) is 0 Å². The molecular weight excluding hydrogens is 519 g/mol. The summed E-state index contributed by atoms with van der Waals surface area (Å²) in [4.78, 5) is 4.77. The molecular formula is C24H37IN4O3. The zero-order chi connectivity index (χ0) is 21.9. The molecule has 1 aromatic carbocycles. The normalized spacial score (nSPS) is 14.8. The summed E-state index contributed by atoms with van der Waals surface area (Å²) in [6, 6.07) is 8.47. The van der Waals surface area contributed by atoms with Gasteiger partial charge >= 0.3 is 0 Å². The lowest BCUT2D eigenvalue weighted by Gasteiger charge is -2.22. The molecule has 0 amide bonds. The van der Waals surface area contributed by atoms with E-state index in [1.54, 1.807) is 0 Å². The van der Waals surface area contributed by atoms with E-state index in [-0.39, 0.29) is 24.0 Å². The fourth-order valence-corrected chi connectivity index (χ4v) is 3.70. The lowest BCUT2D eigenvalue weighted by molar-refractivity contribution is -0.0390. The predicted molar refractivity (Wildman–Crippen MR) is 137 cm³/mol. The highest BCUT2D eigenvalue weighted by atomic mass is 127. The first-order valence-corrected chi connectivity index (χ1v) is 11.5. The Labute approximate surface area is 208 Å². The molecule has 2 N–H and O–H groups in total. The molecule has 8 heteroatoms. The molecule has 0 aliphatic carbocycles. The molecule has 1 aromatic heterocycles. The zero-order valence-electron chi connectivity index (χ0n) is 19.5. The van der Waals surface area contributed by atoms with Gasteiger partial charge in [-0.25, -0.2) is 4.99 Å². The molecule has 0 atom stereocenters. The number of aliphatic imine (C=N–C) groups is 1. The van der Waals surface area contributed by atoms with E-state index in [1.165, 1.54) is 11.1 Å². The Kier molecular flexibility index (Phi) is 12.0. The van der Waals surface area contributed by atoms with Crippen LogP contribution in [-0.2, 0) is 42.0 Å². The average molecular weight is 556 g/mol. The van der Waals surface area contributed by atoms with Crippen molar-refractivity contribution >= 4 is 29.9 Å². The molecule has 3 rings (SSSR count). The maximum atomic E-state index is 6.06. The van der Waals surface area contributed by atoms with Gasteiger partial charge in [0.2, 0.25) is 0 Å². The van der Waals surface area contributed by atoms with E-state index < -0.39 is 0 Å². The van der Waals surface area contributed by atoms with E-state index in [2.05, 4.69) is 60.8 Å². The van der Waals surface area contributed by atoms with E-state index >= 15 is 0 Å². The van der Waals surface area contributed by atoms with Gasteiger partial charge in [-0.05, 0) is 37.3 Å². The van der Waals surface area contributed by atoms with Crippen LogP contribution in [0.4, 0.5) is 0 Å². The molecule has 2 aromatic rings. The molecule has 0 radical (unpaired) electrons. The van der Waals surface area contributed by atoms with Crippen LogP contribution in [0.1, 0.15) is 61.8 Å². The second-order valence-electron chi connectivity index (χ2n) is 7.73. The first-order chi connectivity index (χ1) is 15.2. The number of rotatable bonds is 10. The third kappa shape index (κ3) is 8.04. The summed E-state index contributed by atoms with van der Waals surface area (Å²) < 4.78 is 16.9. The van der Waals surface area contributed by atoms with Gasteiger partial charge in [-0.2, -0.15) is 0 Å². The molecule has 1 aliphatic heterocycles. The quantitative estimate of drug-likeness (QED) is 0.257. The second-order valence-corrected chi connectivity index (χ2v) is 7.73. The van der Waals surface area contributed by atoms with Crippen LogP contribution in [0.25, 0.3) is 0 Å². The van der Waals surface area contributed by atoms with Crippen LogP contribution in [0.5, 0.6) is 0 Å². The number of benzene rings is 1. The van der Waals surface area contributed by atoms with Crippen molar-refractivity contribution in [2.45, 2.75) is 72.3 Å². The third-order valence-corrected chi connectivity index (χ3v) is 5.45. The van der Waals surface area contributed by atoms with Gasteiger partial charge in [-0.1, -0.05) is 43.3 Å². The van der Waals surface area contributed by atoms with Gasteiger partial charge < -0.3 is 24.6 Å². The van der Waals surface area contributed by atoms with Gasteiger partial charge in [0, 0.05) is 38.3 Å². The Morgan fingerprint density at radius 3 is 2.62 bits per heavy atom. The van der Waals surface area contributed by atoms with Crippen LogP contribution in [0.3, 0.4) is 0 Å². The zero-order valence-corrected chi connectivity index (χ0v) is 21.8. The van der Waals surface area contributed by atoms with Crippen LogP contribution >= 0.6 is 24.0 Å². The number of aromatic nitrogens is 1. The van der Waals surface area contributed by atoms with E-state index in [0.717, 1.165) is 68.4 Å². The number of hydrogen-bond acceptors (Lipinski definition) is 5. The van der Waals surface area contributed by atoms with Gasteiger partial charge in [0.25, 0.3) is 0 Å². The molecule has 0 saturated carbocycles. The number of aryl methyl sites for hydroxylation is 2. The Morgan fingerprint density at radius 2 is 1.91 bits per heavy atom. The molecule has 7 nitrogen and oxygen atoms in total. The molecule has 0 spiro atoms. The summed E-state index contributed by atoms with van der Waals surface area (Å²) in [5.41, 5.74) is 4.50. The standard InChI is InChI=1S/C24H36N4O3.HI/c1-4-22-21(23(5-2)31-28-22)16-27-24(25-6-3)26-15-18-8-7-9-19(14-18)17-30-20-10-12-29-13-11-20;/h7-9,14,20H,4-6,10-13,15-17H2,1-3H3,(H2,25,26,27);1H. The van der Waals surface area contributed by atoms with Crippen molar-refractivity contribution < 1.29 is 14.0 Å². The Morgan fingerprint density at radius 1 is 1.12 bits per heavy atom. The van der Waals surface area contributed by atoms with Crippen LogP contribution in [0.2, 0.25) is 0 Å². The first-order valence-electron chi connectivity index (χ1n) is 11.5. The number of nitrogens with zero attached hydrogens (tertiary/aromatic N) is 2. The molecule has 0 unspecified atom stereocenters. The van der Waals surface area contributed by atoms with Crippen molar-refractivity contribution in [2.75, 3.05) is 19.8 Å². The fourth-order valence-electron chi connectivity index (χ4n) is 3.70. The van der Waals surface area contributed by atoms with Gasteiger partial charge in [0.15, 0.2) is 5.96 Å². The minimum absolute atomic E-state index is 0. The highest BCUT2D eigenvalue weighted by Crippen LogP contribution is 2.16. The molecule has 178 valence electrons. The number of halogens is 1. The molecule has 1 fully saturated rings. The number of nitrogens with one attached hydrogen (secondary N) is 2. The molecule has 32 heavy (non-hydrogen) atoms. The van der Waals surface area contributed by atoms with Crippen molar-refractivity contribution in [2.24, 2.45) is 4.99 Å². The molecule has 0 bridgehead atoms. The SMILES string of the molecule is CCNC(=NCc1cccc(COC2CCOCC2)c1)NCc1c(CC)noc1CC.I. The molecule has 2 heterocycles.